The van der Waals surface area contributed by atoms with E-state index in [1.165, 1.54) is 0 Å². The van der Waals surface area contributed by atoms with Gasteiger partial charge in [0.25, 0.3) is 0 Å². The SMILES string of the molecule is N#Cc1n[nH]nc1-c1cccc(OCc2cnccn2)c1. The highest BCUT2D eigenvalue weighted by Crippen LogP contribution is 2.24. The molecular formula is C14H10N6O. The zero-order valence-corrected chi connectivity index (χ0v) is 10.9. The summed E-state index contributed by atoms with van der Waals surface area (Å²) in [4.78, 5) is 8.11. The summed E-state index contributed by atoms with van der Waals surface area (Å²) in [6.07, 6.45) is 4.87. The third kappa shape index (κ3) is 2.84. The van der Waals surface area contributed by atoms with E-state index in [0.29, 0.717) is 18.1 Å². The van der Waals surface area contributed by atoms with Gasteiger partial charge in [0, 0.05) is 18.0 Å². The maximum Gasteiger partial charge on any atom is 0.190 e. The van der Waals surface area contributed by atoms with Crippen LogP contribution in [0.4, 0.5) is 0 Å². The van der Waals surface area contributed by atoms with Gasteiger partial charge in [-0.1, -0.05) is 12.1 Å². The van der Waals surface area contributed by atoms with Crippen molar-refractivity contribution in [2.75, 3.05) is 0 Å². The molecule has 1 N–H and O–H groups in total. The lowest BCUT2D eigenvalue weighted by Crippen LogP contribution is -1.98. The van der Waals surface area contributed by atoms with Crippen LogP contribution in [0, 0.1) is 11.3 Å². The molecule has 0 aliphatic carbocycles. The summed E-state index contributed by atoms with van der Waals surface area (Å²) in [5.74, 6) is 0.657. The lowest BCUT2D eigenvalue weighted by Gasteiger charge is -2.06. The van der Waals surface area contributed by atoms with Crippen molar-refractivity contribution in [1.82, 2.24) is 25.4 Å². The molecule has 0 spiro atoms. The number of nitrogens with one attached hydrogen (secondary N) is 1. The third-order valence-electron chi connectivity index (χ3n) is 2.76. The fraction of sp³-hybridized carbons (Fsp3) is 0.0714. The molecule has 0 saturated carbocycles. The second-order valence-corrected chi connectivity index (χ2v) is 4.15. The van der Waals surface area contributed by atoms with Gasteiger partial charge < -0.3 is 4.74 Å². The van der Waals surface area contributed by atoms with Crippen molar-refractivity contribution in [2.24, 2.45) is 0 Å². The summed E-state index contributed by atoms with van der Waals surface area (Å²) in [6.45, 7) is 0.321. The van der Waals surface area contributed by atoms with Gasteiger partial charge in [0.05, 0.1) is 11.9 Å². The van der Waals surface area contributed by atoms with Crippen molar-refractivity contribution in [1.29, 1.82) is 5.26 Å². The van der Waals surface area contributed by atoms with E-state index in [-0.39, 0.29) is 5.69 Å². The van der Waals surface area contributed by atoms with Crippen LogP contribution in [-0.4, -0.2) is 25.4 Å². The van der Waals surface area contributed by atoms with Gasteiger partial charge in [-0.25, -0.2) is 0 Å². The average Bonchev–Trinajstić information content (AvgIpc) is 3.03. The first-order valence-corrected chi connectivity index (χ1v) is 6.16. The summed E-state index contributed by atoms with van der Waals surface area (Å²) >= 11 is 0. The molecule has 0 saturated heterocycles. The molecular weight excluding hydrogens is 268 g/mol. The summed E-state index contributed by atoms with van der Waals surface area (Å²) in [5.41, 5.74) is 2.25. The van der Waals surface area contributed by atoms with E-state index in [9.17, 15) is 0 Å². The molecule has 3 aromatic rings. The van der Waals surface area contributed by atoms with Gasteiger partial charge in [0.1, 0.15) is 24.1 Å². The number of aromatic amines is 1. The van der Waals surface area contributed by atoms with Gasteiger partial charge in [-0.2, -0.15) is 15.6 Å². The van der Waals surface area contributed by atoms with Crippen LogP contribution in [0.15, 0.2) is 42.9 Å². The van der Waals surface area contributed by atoms with E-state index in [0.717, 1.165) is 11.3 Å². The minimum absolute atomic E-state index is 0.251. The molecule has 0 aliphatic heterocycles. The van der Waals surface area contributed by atoms with Gasteiger partial charge in [-0.3, -0.25) is 9.97 Å². The molecule has 0 radical (unpaired) electrons. The van der Waals surface area contributed by atoms with Crippen LogP contribution >= 0.6 is 0 Å². The number of aromatic nitrogens is 5. The number of rotatable bonds is 4. The molecule has 0 amide bonds. The van der Waals surface area contributed by atoms with Crippen molar-refractivity contribution >= 4 is 0 Å². The third-order valence-corrected chi connectivity index (χ3v) is 2.76. The van der Waals surface area contributed by atoms with Crippen LogP contribution in [0.3, 0.4) is 0 Å². The van der Waals surface area contributed by atoms with E-state index in [2.05, 4.69) is 25.4 Å². The lowest BCUT2D eigenvalue weighted by atomic mass is 10.1. The molecule has 2 heterocycles. The molecule has 1 aromatic carbocycles. The van der Waals surface area contributed by atoms with Crippen LogP contribution in [0.2, 0.25) is 0 Å². The molecule has 0 unspecified atom stereocenters. The molecule has 21 heavy (non-hydrogen) atoms. The second kappa shape index (κ2) is 5.79. The molecule has 7 heteroatoms. The Kier molecular flexibility index (Phi) is 3.52. The highest BCUT2D eigenvalue weighted by Gasteiger charge is 2.10. The van der Waals surface area contributed by atoms with Gasteiger partial charge >= 0.3 is 0 Å². The maximum atomic E-state index is 8.97. The minimum atomic E-state index is 0.251. The Morgan fingerprint density at radius 2 is 2.19 bits per heavy atom. The molecule has 7 nitrogen and oxygen atoms in total. The average molecular weight is 278 g/mol. The van der Waals surface area contributed by atoms with E-state index in [4.69, 9.17) is 10.00 Å². The van der Waals surface area contributed by atoms with Crippen LogP contribution in [0.5, 0.6) is 5.75 Å². The Bertz CT molecular complexity index is 777. The molecule has 0 fully saturated rings. The van der Waals surface area contributed by atoms with E-state index < -0.39 is 0 Å². The molecule has 3 rings (SSSR count). The predicted molar refractivity (Wildman–Crippen MR) is 72.9 cm³/mol. The Morgan fingerprint density at radius 1 is 1.24 bits per heavy atom. The highest BCUT2D eigenvalue weighted by atomic mass is 16.5. The van der Waals surface area contributed by atoms with Crippen LogP contribution in [0.25, 0.3) is 11.3 Å². The van der Waals surface area contributed by atoms with Crippen molar-refractivity contribution in [3.8, 4) is 23.1 Å². The summed E-state index contributed by atoms with van der Waals surface area (Å²) in [7, 11) is 0. The van der Waals surface area contributed by atoms with Crippen molar-refractivity contribution in [2.45, 2.75) is 6.61 Å². The minimum Gasteiger partial charge on any atom is -0.487 e. The zero-order valence-electron chi connectivity index (χ0n) is 10.9. The van der Waals surface area contributed by atoms with Gasteiger partial charge in [0.2, 0.25) is 0 Å². The summed E-state index contributed by atoms with van der Waals surface area (Å²) in [5, 5.41) is 19.2. The Labute approximate surface area is 120 Å². The van der Waals surface area contributed by atoms with Crippen molar-refractivity contribution < 1.29 is 4.74 Å². The van der Waals surface area contributed by atoms with Crippen molar-refractivity contribution in [3.63, 3.8) is 0 Å². The Morgan fingerprint density at radius 3 is 3.00 bits per heavy atom. The maximum absolute atomic E-state index is 8.97. The lowest BCUT2D eigenvalue weighted by molar-refractivity contribution is 0.301. The standard InChI is InChI=1S/C14H10N6O/c15-7-13-14(19-20-18-13)10-2-1-3-12(6-10)21-9-11-8-16-4-5-17-11/h1-6,8H,9H2,(H,18,19,20). The number of hydrogen-bond donors (Lipinski definition) is 1. The molecule has 0 aliphatic rings. The zero-order chi connectivity index (χ0) is 14.5. The molecule has 102 valence electrons. The van der Waals surface area contributed by atoms with Crippen molar-refractivity contribution in [3.05, 3.63) is 54.2 Å². The van der Waals surface area contributed by atoms with Gasteiger partial charge in [-0.15, -0.1) is 5.10 Å². The fourth-order valence-corrected chi connectivity index (χ4v) is 1.81. The molecule has 0 atom stereocenters. The first-order chi connectivity index (χ1) is 10.4. The van der Waals surface area contributed by atoms with Crippen LogP contribution in [-0.2, 0) is 6.61 Å². The smallest absolute Gasteiger partial charge is 0.190 e. The van der Waals surface area contributed by atoms with Gasteiger partial charge in [0.15, 0.2) is 5.69 Å². The van der Waals surface area contributed by atoms with Crippen LogP contribution < -0.4 is 4.74 Å². The number of nitriles is 1. The van der Waals surface area contributed by atoms with E-state index >= 15 is 0 Å². The first-order valence-electron chi connectivity index (χ1n) is 6.16. The number of hydrogen-bond acceptors (Lipinski definition) is 6. The second-order valence-electron chi connectivity index (χ2n) is 4.15. The predicted octanol–water partition coefficient (Wildman–Crippen LogP) is 1.71. The number of nitrogens with zero attached hydrogens (tertiary/aromatic N) is 5. The highest BCUT2D eigenvalue weighted by molar-refractivity contribution is 5.65. The Balaban J connectivity index is 1.79. The van der Waals surface area contributed by atoms with E-state index in [1.54, 1.807) is 24.7 Å². The van der Waals surface area contributed by atoms with Crippen LogP contribution in [0.1, 0.15) is 11.4 Å². The quantitative estimate of drug-likeness (QED) is 0.779. The monoisotopic (exact) mass is 278 g/mol. The number of H-pyrrole nitrogens is 1. The first kappa shape index (κ1) is 12.7. The Hall–Kier alpha value is -3.27. The molecule has 0 bridgehead atoms. The number of ether oxygens (including phenoxy) is 1. The van der Waals surface area contributed by atoms with E-state index in [1.807, 2.05) is 24.3 Å². The molecule has 2 aromatic heterocycles. The fourth-order valence-electron chi connectivity index (χ4n) is 1.81. The topological polar surface area (TPSA) is 100 Å². The normalized spacial score (nSPS) is 10.0. The summed E-state index contributed by atoms with van der Waals surface area (Å²) in [6, 6.07) is 9.29. The van der Waals surface area contributed by atoms with Gasteiger partial charge in [-0.05, 0) is 12.1 Å². The number of benzene rings is 1. The summed E-state index contributed by atoms with van der Waals surface area (Å²) < 4.78 is 5.66. The largest absolute Gasteiger partial charge is 0.487 e.